The number of hydrogen-bond acceptors (Lipinski definition) is 4. The smallest absolute Gasteiger partial charge is 0.254 e. The summed E-state index contributed by atoms with van der Waals surface area (Å²) in [7, 11) is 1.70. The van der Waals surface area contributed by atoms with Gasteiger partial charge in [-0.2, -0.15) is 5.26 Å². The van der Waals surface area contributed by atoms with Gasteiger partial charge in [0.15, 0.2) is 0 Å². The SMILES string of the molecule is CN=C(C)N=C1CN(C(=O)c2ccc(Cl)c(C#N)c2)C/C1=C\N1CCC1. The summed E-state index contributed by atoms with van der Waals surface area (Å²) in [6.45, 7) is 4.84. The molecule has 0 N–H and O–H groups in total. The molecular weight excluding hydrogens is 350 g/mol. The molecular formula is C19H20ClN5O. The van der Waals surface area contributed by atoms with Crippen LogP contribution in [-0.2, 0) is 0 Å². The number of likely N-dealkylation sites (tertiary alicyclic amines) is 2. The molecule has 6 nitrogen and oxygen atoms in total. The number of rotatable bonds is 2. The summed E-state index contributed by atoms with van der Waals surface area (Å²) in [5, 5.41) is 9.47. The molecule has 2 heterocycles. The van der Waals surface area contributed by atoms with Crippen LogP contribution in [0.5, 0.6) is 0 Å². The third kappa shape index (κ3) is 3.78. The van der Waals surface area contributed by atoms with E-state index in [-0.39, 0.29) is 5.91 Å². The number of amides is 1. The number of aliphatic imine (C=N–C) groups is 2. The molecule has 0 unspecified atom stereocenters. The second kappa shape index (κ2) is 7.71. The Morgan fingerprint density at radius 3 is 2.73 bits per heavy atom. The zero-order valence-corrected chi connectivity index (χ0v) is 15.6. The van der Waals surface area contributed by atoms with Gasteiger partial charge >= 0.3 is 0 Å². The van der Waals surface area contributed by atoms with E-state index in [4.69, 9.17) is 16.9 Å². The number of nitrogens with zero attached hydrogens (tertiary/aromatic N) is 5. The van der Waals surface area contributed by atoms with E-state index in [9.17, 15) is 4.79 Å². The maximum atomic E-state index is 12.9. The van der Waals surface area contributed by atoms with E-state index in [1.165, 1.54) is 12.5 Å². The van der Waals surface area contributed by atoms with Gasteiger partial charge < -0.3 is 9.80 Å². The van der Waals surface area contributed by atoms with Crippen molar-refractivity contribution in [3.8, 4) is 6.07 Å². The van der Waals surface area contributed by atoms with E-state index < -0.39 is 0 Å². The Hall–Kier alpha value is -2.65. The minimum atomic E-state index is -0.135. The molecule has 1 aromatic rings. The summed E-state index contributed by atoms with van der Waals surface area (Å²) in [6.07, 6.45) is 3.29. The number of amidine groups is 1. The Morgan fingerprint density at radius 2 is 2.12 bits per heavy atom. The number of nitriles is 1. The normalized spacial score (nSPS) is 20.5. The zero-order chi connectivity index (χ0) is 18.7. The number of hydrogen-bond donors (Lipinski definition) is 0. The lowest BCUT2D eigenvalue weighted by molar-refractivity contribution is 0.0804. The molecule has 3 rings (SSSR count). The first-order chi connectivity index (χ1) is 12.5. The standard InChI is InChI=1S/C19H20ClN5O/c1-13(22-2)23-18-12-25(11-16(18)10-24-6-3-7-24)19(26)14-4-5-17(20)15(8-14)9-21/h4-5,8,10H,3,6-7,11-12H2,1-2H3/b16-10+,22-13?,23-18?. The maximum absolute atomic E-state index is 12.9. The monoisotopic (exact) mass is 369 g/mol. The van der Waals surface area contributed by atoms with E-state index in [0.29, 0.717) is 35.1 Å². The van der Waals surface area contributed by atoms with Crippen molar-refractivity contribution in [2.75, 3.05) is 33.2 Å². The lowest BCUT2D eigenvalue weighted by Crippen LogP contribution is -2.33. The Balaban J connectivity index is 1.87. The molecule has 2 fully saturated rings. The van der Waals surface area contributed by atoms with Crippen LogP contribution in [0, 0.1) is 11.3 Å². The van der Waals surface area contributed by atoms with Crippen molar-refractivity contribution >= 4 is 29.1 Å². The van der Waals surface area contributed by atoms with Crippen molar-refractivity contribution in [3.05, 3.63) is 46.1 Å². The second-order valence-corrected chi connectivity index (χ2v) is 6.75. The third-order valence-electron chi connectivity index (χ3n) is 4.54. The van der Waals surface area contributed by atoms with Gasteiger partial charge in [0.2, 0.25) is 0 Å². The molecule has 134 valence electrons. The third-order valence-corrected chi connectivity index (χ3v) is 4.87. The highest BCUT2D eigenvalue weighted by atomic mass is 35.5. The van der Waals surface area contributed by atoms with Gasteiger partial charge in [-0.25, -0.2) is 4.99 Å². The van der Waals surface area contributed by atoms with Crippen LogP contribution in [0.25, 0.3) is 0 Å². The van der Waals surface area contributed by atoms with Gasteiger partial charge in [-0.1, -0.05) is 11.6 Å². The van der Waals surface area contributed by atoms with Crippen LogP contribution in [-0.4, -0.2) is 60.5 Å². The fourth-order valence-electron chi connectivity index (χ4n) is 2.86. The summed E-state index contributed by atoms with van der Waals surface area (Å²) < 4.78 is 0. The molecule has 2 saturated heterocycles. The predicted molar refractivity (Wildman–Crippen MR) is 103 cm³/mol. The molecule has 0 spiro atoms. The minimum absolute atomic E-state index is 0.135. The first-order valence-corrected chi connectivity index (χ1v) is 8.84. The van der Waals surface area contributed by atoms with Gasteiger partial charge in [-0.15, -0.1) is 0 Å². The lowest BCUT2D eigenvalue weighted by atomic mass is 10.1. The lowest BCUT2D eigenvalue weighted by Gasteiger charge is -2.30. The summed E-state index contributed by atoms with van der Waals surface area (Å²) in [5.74, 6) is 0.547. The summed E-state index contributed by atoms with van der Waals surface area (Å²) >= 11 is 5.97. The quantitative estimate of drug-likeness (QED) is 0.594. The number of carbonyl (C=O) groups excluding carboxylic acids is 1. The largest absolute Gasteiger partial charge is 0.377 e. The molecule has 0 bridgehead atoms. The average molecular weight is 370 g/mol. The van der Waals surface area contributed by atoms with E-state index in [0.717, 1.165) is 24.4 Å². The van der Waals surface area contributed by atoms with Gasteiger partial charge in [0, 0.05) is 44.0 Å². The average Bonchev–Trinajstić information content (AvgIpc) is 3.00. The summed E-state index contributed by atoms with van der Waals surface area (Å²) in [5.41, 5.74) is 2.66. The highest BCUT2D eigenvalue weighted by molar-refractivity contribution is 6.31. The van der Waals surface area contributed by atoms with Gasteiger partial charge in [-0.05, 0) is 31.5 Å². The second-order valence-electron chi connectivity index (χ2n) is 6.34. The van der Waals surface area contributed by atoms with Crippen molar-refractivity contribution in [1.29, 1.82) is 5.26 Å². The van der Waals surface area contributed by atoms with E-state index in [1.807, 2.05) is 13.0 Å². The molecule has 26 heavy (non-hydrogen) atoms. The van der Waals surface area contributed by atoms with Crippen molar-refractivity contribution in [2.45, 2.75) is 13.3 Å². The van der Waals surface area contributed by atoms with Gasteiger partial charge in [0.1, 0.15) is 11.9 Å². The zero-order valence-electron chi connectivity index (χ0n) is 14.9. The van der Waals surface area contributed by atoms with E-state index in [2.05, 4.69) is 21.1 Å². The van der Waals surface area contributed by atoms with Crippen molar-refractivity contribution < 1.29 is 4.79 Å². The Kier molecular flexibility index (Phi) is 5.38. The molecule has 0 radical (unpaired) electrons. The fraction of sp³-hybridized carbons (Fsp3) is 0.368. The minimum Gasteiger partial charge on any atom is -0.377 e. The van der Waals surface area contributed by atoms with Crippen LogP contribution in [0.15, 0.2) is 40.0 Å². The molecule has 0 atom stereocenters. The van der Waals surface area contributed by atoms with E-state index in [1.54, 1.807) is 24.1 Å². The number of halogens is 1. The molecule has 7 heteroatoms. The highest BCUT2D eigenvalue weighted by Gasteiger charge is 2.29. The molecule has 0 aliphatic carbocycles. The van der Waals surface area contributed by atoms with Crippen LogP contribution >= 0.6 is 11.6 Å². The van der Waals surface area contributed by atoms with E-state index >= 15 is 0 Å². The van der Waals surface area contributed by atoms with Crippen molar-refractivity contribution in [2.24, 2.45) is 9.98 Å². The van der Waals surface area contributed by atoms with Gasteiger partial charge in [0.25, 0.3) is 5.91 Å². The van der Waals surface area contributed by atoms with Crippen molar-refractivity contribution in [1.82, 2.24) is 9.80 Å². The molecule has 0 aromatic heterocycles. The van der Waals surface area contributed by atoms with Crippen LogP contribution in [0.3, 0.4) is 0 Å². The van der Waals surface area contributed by atoms with Crippen LogP contribution in [0.4, 0.5) is 0 Å². The fourth-order valence-corrected chi connectivity index (χ4v) is 3.02. The number of carbonyl (C=O) groups is 1. The Bertz CT molecular complexity index is 861. The summed E-state index contributed by atoms with van der Waals surface area (Å²) in [4.78, 5) is 25.5. The molecule has 2 aliphatic heterocycles. The van der Waals surface area contributed by atoms with Crippen LogP contribution < -0.4 is 0 Å². The van der Waals surface area contributed by atoms with Crippen LogP contribution in [0.1, 0.15) is 29.3 Å². The number of benzene rings is 1. The highest BCUT2D eigenvalue weighted by Crippen LogP contribution is 2.22. The predicted octanol–water partition coefficient (Wildman–Crippen LogP) is 2.75. The molecule has 0 saturated carbocycles. The Labute approximate surface area is 158 Å². The van der Waals surface area contributed by atoms with Gasteiger partial charge in [0.05, 0.1) is 22.8 Å². The maximum Gasteiger partial charge on any atom is 0.254 e. The molecule has 1 aromatic carbocycles. The van der Waals surface area contributed by atoms with Crippen LogP contribution in [0.2, 0.25) is 5.02 Å². The summed E-state index contributed by atoms with van der Waals surface area (Å²) in [6, 6.07) is 6.79. The first-order valence-electron chi connectivity index (χ1n) is 8.47. The first kappa shape index (κ1) is 18.2. The topological polar surface area (TPSA) is 72.1 Å². The van der Waals surface area contributed by atoms with Gasteiger partial charge in [-0.3, -0.25) is 9.79 Å². The molecule has 2 aliphatic rings. The van der Waals surface area contributed by atoms with Crippen molar-refractivity contribution in [3.63, 3.8) is 0 Å². The Morgan fingerprint density at radius 1 is 1.35 bits per heavy atom. The molecule has 1 amide bonds.